The number of amides is 1. The second kappa shape index (κ2) is 10.8. The van der Waals surface area contributed by atoms with Crippen LogP contribution in [0.25, 0.3) is 0 Å². The van der Waals surface area contributed by atoms with E-state index in [1.54, 1.807) is 31.4 Å². The molecule has 0 spiro atoms. The summed E-state index contributed by atoms with van der Waals surface area (Å²) in [6, 6.07) is 14.1. The van der Waals surface area contributed by atoms with Crippen molar-refractivity contribution < 1.29 is 30.4 Å². The molecule has 0 radical (unpaired) electrons. The molecule has 0 aliphatic carbocycles. The Bertz CT molecular complexity index is 1050. The maximum atomic E-state index is 13.4. The molecule has 0 bridgehead atoms. The van der Waals surface area contributed by atoms with E-state index in [0.29, 0.717) is 39.1 Å². The van der Waals surface area contributed by atoms with Crippen LogP contribution in [0, 0.1) is 6.92 Å². The van der Waals surface area contributed by atoms with Crippen LogP contribution in [0.1, 0.15) is 24.8 Å². The lowest BCUT2D eigenvalue weighted by Gasteiger charge is -2.41. The first kappa shape index (κ1) is 25.3. The van der Waals surface area contributed by atoms with Gasteiger partial charge in [-0.15, -0.1) is 0 Å². The van der Waals surface area contributed by atoms with Crippen molar-refractivity contribution in [3.8, 4) is 5.75 Å². The van der Waals surface area contributed by atoms with Gasteiger partial charge in [-0.1, -0.05) is 36.2 Å². The Morgan fingerprint density at radius 3 is 2.27 bits per heavy atom. The molecule has 0 aromatic heterocycles. The topological polar surface area (TPSA) is 70.2 Å². The molecule has 1 amide bonds. The van der Waals surface area contributed by atoms with E-state index in [0.717, 1.165) is 29.8 Å². The van der Waals surface area contributed by atoms with E-state index in [1.165, 1.54) is 4.31 Å². The molecule has 2 fully saturated rings. The number of methoxy groups -OCH3 is 1. The summed E-state index contributed by atoms with van der Waals surface area (Å²) in [4.78, 5) is 17.7. The van der Waals surface area contributed by atoms with Crippen molar-refractivity contribution in [2.75, 3.05) is 44.7 Å². The number of nitrogens with zero attached hydrogens (tertiary/aromatic N) is 3. The predicted molar refractivity (Wildman–Crippen MR) is 124 cm³/mol. The monoisotopic (exact) mass is 492 g/mol. The number of para-hydroxylation sites is 2. The number of rotatable bonds is 5. The Morgan fingerprint density at radius 1 is 0.939 bits per heavy atom. The number of halogens is 1. The maximum absolute atomic E-state index is 13.4. The Labute approximate surface area is 202 Å². The number of piperidine rings is 1. The molecule has 2 aliphatic heterocycles. The predicted octanol–water partition coefficient (Wildman–Crippen LogP) is -0.100. The minimum Gasteiger partial charge on any atom is -1.00 e. The van der Waals surface area contributed by atoms with E-state index >= 15 is 0 Å². The molecule has 2 saturated heterocycles. The van der Waals surface area contributed by atoms with Gasteiger partial charge in [-0.25, -0.2) is 8.42 Å². The van der Waals surface area contributed by atoms with Gasteiger partial charge in [-0.05, 0) is 44.0 Å². The van der Waals surface area contributed by atoms with Crippen molar-refractivity contribution in [2.45, 2.75) is 37.1 Å². The lowest BCUT2D eigenvalue weighted by atomic mass is 10.0. The highest BCUT2D eigenvalue weighted by Crippen LogP contribution is 2.30. The first-order valence-electron chi connectivity index (χ1n) is 11.2. The number of carbonyl (C=O) groups excluding carboxylic acids is 1. The molecule has 0 N–H and O–H groups in total. The molecule has 7 nitrogen and oxygen atoms in total. The van der Waals surface area contributed by atoms with Gasteiger partial charge in [0.2, 0.25) is 15.9 Å². The van der Waals surface area contributed by atoms with Crippen molar-refractivity contribution in [3.63, 3.8) is 0 Å². The van der Waals surface area contributed by atoms with Crippen LogP contribution < -0.4 is 22.0 Å². The van der Waals surface area contributed by atoms with Gasteiger partial charge in [-0.3, -0.25) is 4.79 Å². The quantitative estimate of drug-likeness (QED) is 0.583. The zero-order valence-electron chi connectivity index (χ0n) is 19.1. The van der Waals surface area contributed by atoms with Gasteiger partial charge < -0.3 is 26.9 Å². The van der Waals surface area contributed by atoms with Crippen molar-refractivity contribution in [3.05, 3.63) is 54.1 Å². The third-order valence-corrected chi connectivity index (χ3v) is 8.31. The highest BCUT2D eigenvalue weighted by Gasteiger charge is 2.40. The number of anilines is 1. The lowest BCUT2D eigenvalue weighted by molar-refractivity contribution is -0.136. The molecule has 2 aromatic rings. The fourth-order valence-electron chi connectivity index (χ4n) is 4.55. The Kier molecular flexibility index (Phi) is 8.26. The molecule has 2 heterocycles. The van der Waals surface area contributed by atoms with Gasteiger partial charge in [-0.2, -0.15) is 4.31 Å². The van der Waals surface area contributed by atoms with Crippen molar-refractivity contribution in [2.24, 2.45) is 0 Å². The summed E-state index contributed by atoms with van der Waals surface area (Å²) < 4.78 is 33.6. The average molecular weight is 493 g/mol. The Morgan fingerprint density at radius 2 is 1.61 bits per heavy atom. The summed E-state index contributed by atoms with van der Waals surface area (Å²) in [5.41, 5.74) is 2.02. The third-order valence-electron chi connectivity index (χ3n) is 6.38. The fourth-order valence-corrected chi connectivity index (χ4v) is 6.21. The molecule has 1 unspecified atom stereocenters. The van der Waals surface area contributed by atoms with Crippen LogP contribution >= 0.6 is 0 Å². The zero-order valence-corrected chi connectivity index (χ0v) is 20.7. The maximum Gasteiger partial charge on any atom is 0.243 e. The summed E-state index contributed by atoms with van der Waals surface area (Å²) in [7, 11) is -2.06. The number of piperazine rings is 1. The van der Waals surface area contributed by atoms with Crippen LogP contribution in [0.5, 0.6) is 5.75 Å². The van der Waals surface area contributed by atoms with Gasteiger partial charge in [0.05, 0.1) is 17.7 Å². The number of sulfonamides is 1. The van der Waals surface area contributed by atoms with Gasteiger partial charge >= 0.3 is 0 Å². The van der Waals surface area contributed by atoms with Crippen LogP contribution in [0.15, 0.2) is 53.4 Å². The molecule has 2 aliphatic rings. The molecule has 1 atom stereocenters. The summed E-state index contributed by atoms with van der Waals surface area (Å²) >= 11 is 0. The Balaban J connectivity index is 0.00000306. The summed E-state index contributed by atoms with van der Waals surface area (Å²) in [5.74, 6) is 0.731. The van der Waals surface area contributed by atoms with Gasteiger partial charge in [0, 0.05) is 32.7 Å². The minimum atomic E-state index is -3.72. The number of benzene rings is 2. The highest BCUT2D eigenvalue weighted by atomic mass is 35.5. The Hall–Kier alpha value is -2.29. The molecule has 4 rings (SSSR count). The van der Waals surface area contributed by atoms with E-state index in [1.807, 2.05) is 36.1 Å². The third kappa shape index (κ3) is 5.28. The number of aryl methyl sites for hydroxylation is 1. The van der Waals surface area contributed by atoms with E-state index < -0.39 is 16.1 Å². The first-order valence-corrected chi connectivity index (χ1v) is 12.6. The SMILES string of the molecule is COc1ccccc1N1CCN(C(=O)C2CCCCN2S(=O)(=O)c2ccc(C)cc2)CC1.[Cl-]. The molecule has 0 saturated carbocycles. The summed E-state index contributed by atoms with van der Waals surface area (Å²) in [5, 5.41) is 0. The van der Waals surface area contributed by atoms with Crippen molar-refractivity contribution in [1.29, 1.82) is 0 Å². The number of hydrogen-bond donors (Lipinski definition) is 0. The van der Waals surface area contributed by atoms with Crippen LogP contribution in [0.4, 0.5) is 5.69 Å². The molecular weight excluding hydrogens is 462 g/mol. The number of ether oxygens (including phenoxy) is 1. The number of hydrogen-bond acceptors (Lipinski definition) is 5. The van der Waals surface area contributed by atoms with Crippen molar-refractivity contribution >= 4 is 21.6 Å². The molecule has 33 heavy (non-hydrogen) atoms. The van der Waals surface area contributed by atoms with Crippen molar-refractivity contribution in [1.82, 2.24) is 9.21 Å². The first-order chi connectivity index (χ1) is 15.4. The van der Waals surface area contributed by atoms with Crippen LogP contribution in [0.2, 0.25) is 0 Å². The zero-order chi connectivity index (χ0) is 22.7. The summed E-state index contributed by atoms with van der Waals surface area (Å²) in [6.07, 6.45) is 2.20. The van der Waals surface area contributed by atoms with Crippen LogP contribution in [-0.4, -0.2) is 69.4 Å². The van der Waals surface area contributed by atoms with Gasteiger partial charge in [0.1, 0.15) is 11.8 Å². The van der Waals surface area contributed by atoms with Gasteiger partial charge in [0.15, 0.2) is 0 Å². The lowest BCUT2D eigenvalue weighted by Crippen LogP contribution is -3.00. The second-order valence-corrected chi connectivity index (χ2v) is 10.3. The minimum absolute atomic E-state index is 0. The van der Waals surface area contributed by atoms with Crippen LogP contribution in [-0.2, 0) is 14.8 Å². The molecular formula is C24H31ClN3O4S-. The standard InChI is InChI=1S/C24H31N3O4S.ClH/c1-19-10-12-20(13-11-19)32(29,30)27-14-6-5-8-22(27)24(28)26-17-15-25(16-18-26)21-7-3-4-9-23(21)31-2;/h3-4,7,9-13,22H,5-6,8,14-18H2,1-2H3;1H/p-1. The molecule has 2 aromatic carbocycles. The molecule has 9 heteroatoms. The largest absolute Gasteiger partial charge is 1.00 e. The highest BCUT2D eigenvalue weighted by molar-refractivity contribution is 7.89. The smallest absolute Gasteiger partial charge is 0.243 e. The van der Waals surface area contributed by atoms with Gasteiger partial charge in [0.25, 0.3) is 0 Å². The average Bonchev–Trinajstić information content (AvgIpc) is 2.84. The fraction of sp³-hybridized carbons (Fsp3) is 0.458. The van der Waals surface area contributed by atoms with E-state index in [2.05, 4.69) is 4.90 Å². The van der Waals surface area contributed by atoms with E-state index in [4.69, 9.17) is 4.74 Å². The van der Waals surface area contributed by atoms with E-state index in [-0.39, 0.29) is 23.2 Å². The van der Waals surface area contributed by atoms with E-state index in [9.17, 15) is 13.2 Å². The summed E-state index contributed by atoms with van der Waals surface area (Å²) in [6.45, 7) is 4.80. The number of carbonyl (C=O) groups is 1. The second-order valence-electron chi connectivity index (χ2n) is 8.42. The van der Waals surface area contributed by atoms with Crippen LogP contribution in [0.3, 0.4) is 0 Å². The normalized spacial score (nSPS) is 19.6. The molecule has 180 valence electrons.